The van der Waals surface area contributed by atoms with Gasteiger partial charge in [0.25, 0.3) is 0 Å². The van der Waals surface area contributed by atoms with Gasteiger partial charge in [0.1, 0.15) is 11.2 Å². The number of para-hydroxylation sites is 1. The van der Waals surface area contributed by atoms with Gasteiger partial charge in [-0.2, -0.15) is 0 Å². The normalized spacial score (nSPS) is 12.0. The molecule has 3 heterocycles. The highest BCUT2D eigenvalue weighted by molar-refractivity contribution is 5.97. The third-order valence-corrected chi connectivity index (χ3v) is 3.92. The summed E-state index contributed by atoms with van der Waals surface area (Å²) in [5.41, 5.74) is 3.93. The average Bonchev–Trinajstić information content (AvgIpc) is 2.89. The second-order valence-corrected chi connectivity index (χ2v) is 5.73. The van der Waals surface area contributed by atoms with Gasteiger partial charge in [-0.25, -0.2) is 9.97 Å². The zero-order valence-electron chi connectivity index (χ0n) is 12.7. The quantitative estimate of drug-likeness (QED) is 0.582. The number of hydrogen-bond acceptors (Lipinski definition) is 4. The van der Waals surface area contributed by atoms with Gasteiger partial charge in [-0.3, -0.25) is 4.98 Å². The van der Waals surface area contributed by atoms with Gasteiger partial charge in [0.2, 0.25) is 0 Å². The molecule has 1 aromatic heterocycles. The van der Waals surface area contributed by atoms with Crippen molar-refractivity contribution in [3.8, 4) is 11.5 Å². The lowest BCUT2D eigenvalue weighted by Gasteiger charge is -2.17. The Morgan fingerprint density at radius 1 is 1.05 bits per heavy atom. The average molecular weight is 291 g/mol. The van der Waals surface area contributed by atoms with E-state index < -0.39 is 0 Å². The summed E-state index contributed by atoms with van der Waals surface area (Å²) in [6.45, 7) is 1.82. The van der Waals surface area contributed by atoms with Crippen LogP contribution in [0.25, 0.3) is 33.5 Å². The van der Waals surface area contributed by atoms with Crippen molar-refractivity contribution in [3.05, 3.63) is 42.7 Å². The Balaban J connectivity index is 2.05. The molecule has 22 heavy (non-hydrogen) atoms. The third-order valence-electron chi connectivity index (χ3n) is 3.92. The lowest BCUT2D eigenvalue weighted by molar-refractivity contribution is 0.386. The van der Waals surface area contributed by atoms with E-state index in [1.807, 2.05) is 36.7 Å². The number of fused-ring (bicyclic) bond motifs is 4. The van der Waals surface area contributed by atoms with Gasteiger partial charge < -0.3 is 9.47 Å². The smallest absolute Gasteiger partial charge is 0.160 e. The molecule has 5 heteroatoms. The lowest BCUT2D eigenvalue weighted by atomic mass is 10.2. The fourth-order valence-corrected chi connectivity index (χ4v) is 2.81. The summed E-state index contributed by atoms with van der Waals surface area (Å²) >= 11 is 0. The van der Waals surface area contributed by atoms with Crippen molar-refractivity contribution in [1.82, 2.24) is 24.4 Å². The molecular weight excluding hydrogens is 274 g/mol. The highest BCUT2D eigenvalue weighted by atomic mass is 15.1. The van der Waals surface area contributed by atoms with Crippen molar-refractivity contribution in [3.63, 3.8) is 0 Å². The standard InChI is InChI=1S/C17H17N5/c1-21(2)9-10-22-15-7-8-18-11-14(15)19-16-12-5-3-4-6-13(12)20-17(16)22/h3-8,11H,9-10H2,1-2H3. The van der Waals surface area contributed by atoms with E-state index in [0.29, 0.717) is 0 Å². The summed E-state index contributed by atoms with van der Waals surface area (Å²) in [4.78, 5) is 16.0. The molecule has 0 bridgehead atoms. The van der Waals surface area contributed by atoms with Gasteiger partial charge >= 0.3 is 0 Å². The number of nitrogens with zero attached hydrogens (tertiary/aromatic N) is 5. The minimum atomic E-state index is 0.871. The Labute approximate surface area is 128 Å². The van der Waals surface area contributed by atoms with Crippen LogP contribution < -0.4 is 0 Å². The minimum Gasteiger partial charge on any atom is -0.321 e. The molecule has 0 radical (unpaired) electrons. The van der Waals surface area contributed by atoms with Crippen LogP contribution in [0.5, 0.6) is 0 Å². The zero-order chi connectivity index (χ0) is 15.1. The number of likely N-dealkylation sites (N-methyl/N-ethyl adjacent to an activating group) is 1. The van der Waals surface area contributed by atoms with Crippen molar-refractivity contribution < 1.29 is 0 Å². The van der Waals surface area contributed by atoms with Crippen LogP contribution in [0.1, 0.15) is 0 Å². The summed E-state index contributed by atoms with van der Waals surface area (Å²) in [7, 11) is 4.16. The Morgan fingerprint density at radius 3 is 2.77 bits per heavy atom. The summed E-state index contributed by atoms with van der Waals surface area (Å²) in [6.07, 6.45) is 3.63. The summed E-state index contributed by atoms with van der Waals surface area (Å²) < 4.78 is 2.25. The van der Waals surface area contributed by atoms with Crippen LogP contribution in [-0.4, -0.2) is 45.1 Å². The van der Waals surface area contributed by atoms with Gasteiger partial charge in [-0.15, -0.1) is 0 Å². The molecule has 1 aromatic carbocycles. The first-order valence-corrected chi connectivity index (χ1v) is 7.37. The first kappa shape index (κ1) is 13.2. The van der Waals surface area contributed by atoms with E-state index in [1.165, 1.54) is 0 Å². The monoisotopic (exact) mass is 291 g/mol. The molecule has 5 nitrogen and oxygen atoms in total. The van der Waals surface area contributed by atoms with Crippen LogP contribution in [0, 0.1) is 0 Å². The maximum Gasteiger partial charge on any atom is 0.160 e. The number of aromatic nitrogens is 4. The summed E-state index contributed by atoms with van der Waals surface area (Å²) in [5, 5.41) is 1.10. The maximum atomic E-state index is 4.80. The molecule has 0 fully saturated rings. The molecule has 0 atom stereocenters. The molecular formula is C17H17N5. The minimum absolute atomic E-state index is 0.871. The van der Waals surface area contributed by atoms with E-state index in [9.17, 15) is 0 Å². The van der Waals surface area contributed by atoms with Crippen molar-refractivity contribution in [2.75, 3.05) is 20.6 Å². The zero-order valence-corrected chi connectivity index (χ0v) is 12.7. The first-order chi connectivity index (χ1) is 10.7. The Bertz CT molecular complexity index is 925. The molecule has 2 aromatic rings. The van der Waals surface area contributed by atoms with Crippen molar-refractivity contribution in [1.29, 1.82) is 0 Å². The van der Waals surface area contributed by atoms with Gasteiger partial charge in [0.05, 0.1) is 17.2 Å². The van der Waals surface area contributed by atoms with Crippen molar-refractivity contribution >= 4 is 21.9 Å². The predicted molar refractivity (Wildman–Crippen MR) is 88.0 cm³/mol. The molecule has 0 N–H and O–H groups in total. The van der Waals surface area contributed by atoms with Gasteiger partial charge in [-0.1, -0.05) is 18.2 Å². The molecule has 0 saturated carbocycles. The molecule has 0 unspecified atom stereocenters. The second kappa shape index (κ2) is 5.03. The lowest BCUT2D eigenvalue weighted by Crippen LogP contribution is -2.20. The van der Waals surface area contributed by atoms with Crippen LogP contribution in [0.15, 0.2) is 42.7 Å². The molecule has 0 amide bonds. The van der Waals surface area contributed by atoms with E-state index >= 15 is 0 Å². The van der Waals surface area contributed by atoms with Crippen LogP contribution in [0.3, 0.4) is 0 Å². The molecule has 2 aliphatic heterocycles. The Hall–Kier alpha value is -2.53. The number of benzene rings is 1. The van der Waals surface area contributed by atoms with E-state index in [-0.39, 0.29) is 0 Å². The fourth-order valence-electron chi connectivity index (χ4n) is 2.81. The maximum absolute atomic E-state index is 4.80. The SMILES string of the molecule is CN(C)CCn1c2nc3ccccc3c-2nc2cnccc21. The number of rotatable bonds is 3. The molecule has 0 aliphatic carbocycles. The molecule has 0 spiro atoms. The summed E-state index contributed by atoms with van der Waals surface area (Å²) in [5.74, 6) is 0.946. The van der Waals surface area contributed by atoms with Crippen LogP contribution in [-0.2, 0) is 6.54 Å². The van der Waals surface area contributed by atoms with Crippen LogP contribution in [0.2, 0.25) is 0 Å². The van der Waals surface area contributed by atoms with Gasteiger partial charge in [0.15, 0.2) is 5.82 Å². The molecule has 0 saturated heterocycles. The third kappa shape index (κ3) is 2.02. The largest absolute Gasteiger partial charge is 0.321 e. The first-order valence-electron chi connectivity index (χ1n) is 7.37. The number of hydrogen-bond donors (Lipinski definition) is 0. The van der Waals surface area contributed by atoms with Gasteiger partial charge in [-0.05, 0) is 26.2 Å². The highest BCUT2D eigenvalue weighted by Crippen LogP contribution is 2.31. The molecule has 4 rings (SSSR count). The topological polar surface area (TPSA) is 46.8 Å². The number of pyridine rings is 1. The van der Waals surface area contributed by atoms with Crippen LogP contribution >= 0.6 is 0 Å². The van der Waals surface area contributed by atoms with Crippen LogP contribution in [0.4, 0.5) is 0 Å². The molecule has 110 valence electrons. The molecule has 2 aliphatic rings. The Morgan fingerprint density at radius 2 is 1.91 bits per heavy atom. The fraction of sp³-hybridized carbons (Fsp3) is 0.235. The van der Waals surface area contributed by atoms with E-state index in [2.05, 4.69) is 34.6 Å². The van der Waals surface area contributed by atoms with Gasteiger partial charge in [0, 0.05) is 24.7 Å². The highest BCUT2D eigenvalue weighted by Gasteiger charge is 2.19. The van der Waals surface area contributed by atoms with E-state index in [4.69, 9.17) is 9.97 Å². The van der Waals surface area contributed by atoms with Crippen molar-refractivity contribution in [2.24, 2.45) is 0 Å². The summed E-state index contributed by atoms with van der Waals surface area (Å²) in [6, 6.07) is 10.2. The van der Waals surface area contributed by atoms with E-state index in [0.717, 1.165) is 46.5 Å². The van der Waals surface area contributed by atoms with Crippen molar-refractivity contribution in [2.45, 2.75) is 6.54 Å². The second-order valence-electron chi connectivity index (χ2n) is 5.73. The Kier molecular flexibility index (Phi) is 3.01. The van der Waals surface area contributed by atoms with E-state index in [1.54, 1.807) is 0 Å². The predicted octanol–water partition coefficient (Wildman–Crippen LogP) is 2.65.